The number of amides is 1. The van der Waals surface area contributed by atoms with E-state index >= 15 is 0 Å². The quantitative estimate of drug-likeness (QED) is 0.432. The van der Waals surface area contributed by atoms with Gasteiger partial charge in [-0.1, -0.05) is 59.7 Å². The molecule has 0 aliphatic carbocycles. The Morgan fingerprint density at radius 3 is 2.36 bits per heavy atom. The van der Waals surface area contributed by atoms with E-state index in [9.17, 15) is 14.7 Å². The van der Waals surface area contributed by atoms with Crippen LogP contribution in [-0.2, 0) is 31.1 Å². The molecule has 4 rings (SSSR count). The van der Waals surface area contributed by atoms with Crippen LogP contribution >= 0.6 is 0 Å². The highest BCUT2D eigenvalue weighted by Crippen LogP contribution is 2.51. The van der Waals surface area contributed by atoms with Crippen molar-refractivity contribution in [1.82, 2.24) is 9.88 Å². The average Bonchev–Trinajstić information content (AvgIpc) is 3.31. The number of rotatable bonds is 8. The van der Waals surface area contributed by atoms with Crippen LogP contribution in [0.4, 0.5) is 0 Å². The van der Waals surface area contributed by atoms with Crippen molar-refractivity contribution in [2.45, 2.75) is 97.1 Å². The van der Waals surface area contributed by atoms with E-state index in [1.807, 2.05) is 51.1 Å². The van der Waals surface area contributed by atoms with Gasteiger partial charge in [-0.2, -0.15) is 0 Å². The molecule has 9 nitrogen and oxygen atoms in total. The van der Waals surface area contributed by atoms with Gasteiger partial charge in [0.1, 0.15) is 17.9 Å². The van der Waals surface area contributed by atoms with Gasteiger partial charge in [-0.15, -0.1) is 0 Å². The van der Waals surface area contributed by atoms with Gasteiger partial charge in [0.05, 0.1) is 33.0 Å². The molecule has 2 aromatic rings. The molecule has 1 N–H and O–H groups in total. The Kier molecular flexibility index (Phi) is 9.52. The lowest BCUT2D eigenvalue weighted by atomic mass is 9.73. The lowest BCUT2D eigenvalue weighted by molar-refractivity contribution is -0.159. The number of hydrogen-bond acceptors (Lipinski definition) is 7. The molecule has 0 radical (unpaired) electrons. The maximum atomic E-state index is 14.3. The van der Waals surface area contributed by atoms with Crippen LogP contribution in [0.15, 0.2) is 36.5 Å². The molecule has 1 aromatic heterocycles. The smallest absolute Gasteiger partial charge is 0.326 e. The molecule has 1 aromatic carbocycles. The van der Waals surface area contributed by atoms with E-state index in [-0.39, 0.29) is 17.9 Å². The van der Waals surface area contributed by atoms with Gasteiger partial charge in [0, 0.05) is 29.8 Å². The molecule has 2 saturated heterocycles. The maximum absolute atomic E-state index is 14.3. The number of nitrogens with zero attached hydrogens (tertiary/aromatic N) is 2. The van der Waals surface area contributed by atoms with Crippen molar-refractivity contribution < 1.29 is 33.6 Å². The molecule has 0 bridgehead atoms. The summed E-state index contributed by atoms with van der Waals surface area (Å²) in [5.74, 6) is -0.944. The minimum absolute atomic E-state index is 0.122. The molecule has 3 heterocycles. The zero-order valence-corrected chi connectivity index (χ0v) is 26.2. The van der Waals surface area contributed by atoms with Gasteiger partial charge in [-0.25, -0.2) is 9.78 Å². The van der Waals surface area contributed by atoms with E-state index in [2.05, 4.69) is 25.8 Å². The number of carbonyl (C=O) groups is 2. The summed E-state index contributed by atoms with van der Waals surface area (Å²) in [5, 5.41) is 10.7. The van der Waals surface area contributed by atoms with Gasteiger partial charge in [0.2, 0.25) is 5.88 Å². The van der Waals surface area contributed by atoms with Crippen LogP contribution < -0.4 is 9.47 Å². The van der Waals surface area contributed by atoms with Crippen LogP contribution in [0.1, 0.15) is 83.5 Å². The molecule has 5 atom stereocenters. The van der Waals surface area contributed by atoms with Gasteiger partial charge in [-0.3, -0.25) is 4.79 Å². The van der Waals surface area contributed by atoms with Crippen molar-refractivity contribution in [3.8, 4) is 11.6 Å². The first-order valence-electron chi connectivity index (χ1n) is 14.7. The summed E-state index contributed by atoms with van der Waals surface area (Å²) in [7, 11) is 3.14. The molecule has 2 aliphatic rings. The van der Waals surface area contributed by atoms with E-state index in [4.69, 9.17) is 18.9 Å². The molecule has 230 valence electrons. The summed E-state index contributed by atoms with van der Waals surface area (Å²) in [6.45, 7) is 12.9. The van der Waals surface area contributed by atoms with Gasteiger partial charge in [0.15, 0.2) is 0 Å². The Morgan fingerprint density at radius 2 is 1.79 bits per heavy atom. The molecule has 0 saturated carbocycles. The zero-order chi connectivity index (χ0) is 30.8. The predicted molar refractivity (Wildman–Crippen MR) is 159 cm³/mol. The van der Waals surface area contributed by atoms with Gasteiger partial charge >= 0.3 is 5.97 Å². The molecular formula is C33H46N2O7. The number of benzene rings is 1. The summed E-state index contributed by atoms with van der Waals surface area (Å²) < 4.78 is 24.0. The maximum Gasteiger partial charge on any atom is 0.326 e. The molecular weight excluding hydrogens is 536 g/mol. The monoisotopic (exact) mass is 582 g/mol. The third-order valence-corrected chi connectivity index (χ3v) is 8.44. The van der Waals surface area contributed by atoms with E-state index < -0.39 is 41.6 Å². The fraction of sp³-hybridized carbons (Fsp3) is 0.606. The van der Waals surface area contributed by atoms with Crippen molar-refractivity contribution in [2.75, 3.05) is 20.8 Å². The van der Waals surface area contributed by atoms with Crippen LogP contribution in [0, 0.1) is 11.3 Å². The highest BCUT2D eigenvalue weighted by molar-refractivity contribution is 5.88. The average molecular weight is 583 g/mol. The van der Waals surface area contributed by atoms with Crippen LogP contribution in [0.5, 0.6) is 11.6 Å². The Labute approximate surface area is 249 Å². The molecule has 2 aliphatic heterocycles. The third kappa shape index (κ3) is 6.42. The first kappa shape index (κ1) is 31.8. The molecule has 9 heteroatoms. The lowest BCUT2D eigenvalue weighted by Gasteiger charge is -2.35. The number of carbonyl (C=O) groups excluding carboxylic acids is 1. The summed E-state index contributed by atoms with van der Waals surface area (Å²) >= 11 is 0. The predicted octanol–water partition coefficient (Wildman–Crippen LogP) is 5.55. The Morgan fingerprint density at radius 1 is 1.07 bits per heavy atom. The van der Waals surface area contributed by atoms with Gasteiger partial charge < -0.3 is 29.0 Å². The van der Waals surface area contributed by atoms with E-state index in [1.165, 1.54) is 4.90 Å². The van der Waals surface area contributed by atoms with Crippen molar-refractivity contribution in [3.05, 3.63) is 53.2 Å². The summed E-state index contributed by atoms with van der Waals surface area (Å²) in [5.41, 5.74) is 1.79. The first-order chi connectivity index (χ1) is 19.8. The van der Waals surface area contributed by atoms with E-state index in [0.717, 1.165) is 24.0 Å². The fourth-order valence-corrected chi connectivity index (χ4v) is 6.31. The molecule has 0 unspecified atom stereocenters. The second-order valence-electron chi connectivity index (χ2n) is 13.4. The highest BCUT2D eigenvalue weighted by Gasteiger charge is 2.60. The van der Waals surface area contributed by atoms with Gasteiger partial charge in [-0.05, 0) is 47.8 Å². The second kappa shape index (κ2) is 12.6. The normalized spacial score (nSPS) is 24.9. The number of aliphatic carboxylic acids is 1. The topological polar surface area (TPSA) is 107 Å². The fourth-order valence-electron chi connectivity index (χ4n) is 6.31. The number of methoxy groups -OCH3 is 2. The molecule has 1 amide bonds. The minimum atomic E-state index is -1.14. The standard InChI is InChI=1S/C33H46N2O7/c1-32(2,3)21-17-20(29(40-8)34-18-21)19-42-28-25(33(4,5)6)27(31(37)38)35(30(36)24-15-11-12-16-41-24)26(28)22-13-9-10-14-23(22)39-7/h9-10,13-14,17-18,24-28H,11-12,15-16,19H2,1-8H3,(H,37,38)/t24-,25+,26-,27-,28-/m0/s1. The van der Waals surface area contributed by atoms with Crippen LogP contribution in [0.25, 0.3) is 0 Å². The van der Waals surface area contributed by atoms with Crippen LogP contribution in [-0.4, -0.2) is 65.9 Å². The number of likely N-dealkylation sites (tertiary alicyclic amines) is 1. The summed E-state index contributed by atoms with van der Waals surface area (Å²) in [6.07, 6.45) is 2.69. The first-order valence-corrected chi connectivity index (χ1v) is 14.7. The lowest BCUT2D eigenvalue weighted by Crippen LogP contribution is -2.51. The van der Waals surface area contributed by atoms with Crippen molar-refractivity contribution >= 4 is 11.9 Å². The summed E-state index contributed by atoms with van der Waals surface area (Å²) in [4.78, 5) is 33.4. The number of hydrogen-bond donors (Lipinski definition) is 1. The third-order valence-electron chi connectivity index (χ3n) is 8.44. The highest BCUT2D eigenvalue weighted by atomic mass is 16.5. The number of carboxylic acids is 1. The Hall–Kier alpha value is -3.17. The number of ether oxygens (including phenoxy) is 4. The zero-order valence-electron chi connectivity index (χ0n) is 26.2. The van der Waals surface area contributed by atoms with E-state index in [0.29, 0.717) is 30.2 Å². The SMILES string of the molecule is COc1ccccc1[C@H]1[C@@H](OCc2cc(C(C)(C)C)cnc2OC)[C@H](C(C)(C)C)[C@@H](C(=O)O)N1C(=O)[C@@H]1CCCCO1. The molecule has 2 fully saturated rings. The van der Waals surface area contributed by atoms with Crippen molar-refractivity contribution in [1.29, 1.82) is 0 Å². The van der Waals surface area contributed by atoms with Crippen molar-refractivity contribution in [3.63, 3.8) is 0 Å². The van der Waals surface area contributed by atoms with Gasteiger partial charge in [0.25, 0.3) is 5.91 Å². The Bertz CT molecular complexity index is 1260. The molecule has 42 heavy (non-hydrogen) atoms. The number of pyridine rings is 1. The Balaban J connectivity index is 1.86. The number of para-hydroxylation sites is 1. The van der Waals surface area contributed by atoms with Crippen LogP contribution in [0.3, 0.4) is 0 Å². The van der Waals surface area contributed by atoms with Crippen molar-refractivity contribution in [2.24, 2.45) is 11.3 Å². The number of carboxylic acid groups (broad SMARTS) is 1. The minimum Gasteiger partial charge on any atom is -0.496 e. The summed E-state index contributed by atoms with van der Waals surface area (Å²) in [6, 6.07) is 7.60. The number of aromatic nitrogens is 1. The van der Waals surface area contributed by atoms with Crippen LogP contribution in [0.2, 0.25) is 0 Å². The largest absolute Gasteiger partial charge is 0.496 e. The second-order valence-corrected chi connectivity index (χ2v) is 13.4. The molecule has 0 spiro atoms. The van der Waals surface area contributed by atoms with E-state index in [1.54, 1.807) is 20.4 Å².